The number of carbonyl (C=O) groups excluding carboxylic acids is 1. The van der Waals surface area contributed by atoms with E-state index in [1.807, 2.05) is 18.2 Å². The van der Waals surface area contributed by atoms with Crippen LogP contribution in [0.3, 0.4) is 0 Å². The highest BCUT2D eigenvalue weighted by molar-refractivity contribution is 5.75. The smallest absolute Gasteiger partial charge is 0.220 e. The quantitative estimate of drug-likeness (QED) is 0.856. The van der Waals surface area contributed by atoms with Crippen molar-refractivity contribution in [3.8, 4) is 0 Å². The molecule has 0 aliphatic carbocycles. The lowest BCUT2D eigenvalue weighted by Gasteiger charge is -2.06. The molecule has 0 fully saturated rings. The van der Waals surface area contributed by atoms with Crippen molar-refractivity contribution in [1.29, 1.82) is 0 Å². The van der Waals surface area contributed by atoms with Crippen molar-refractivity contribution in [3.05, 3.63) is 71.5 Å². The predicted octanol–water partition coefficient (Wildman–Crippen LogP) is 3.46. The van der Waals surface area contributed by atoms with Gasteiger partial charge in [0.15, 0.2) is 0 Å². The van der Waals surface area contributed by atoms with Crippen molar-refractivity contribution in [3.63, 3.8) is 0 Å². The lowest BCUT2D eigenvalue weighted by atomic mass is 10.1. The summed E-state index contributed by atoms with van der Waals surface area (Å²) in [6.45, 7) is 0.247. The summed E-state index contributed by atoms with van der Waals surface area (Å²) in [6, 6.07) is 16.6. The standard InChI is InChI=1S/C17H18FNO/c18-16-11-5-4-10-15(16)13-19-17(20)12-6-9-14-7-2-1-3-8-14/h1-5,7-8,10-11H,6,9,12-13H2,(H,19,20). The van der Waals surface area contributed by atoms with Crippen LogP contribution in [0.1, 0.15) is 24.0 Å². The predicted molar refractivity (Wildman–Crippen MR) is 77.6 cm³/mol. The summed E-state index contributed by atoms with van der Waals surface area (Å²) in [7, 11) is 0. The molecule has 0 saturated heterocycles. The van der Waals surface area contributed by atoms with Crippen molar-refractivity contribution in [2.45, 2.75) is 25.8 Å². The summed E-state index contributed by atoms with van der Waals surface area (Å²) in [4.78, 5) is 11.7. The van der Waals surface area contributed by atoms with Crippen LogP contribution in [-0.4, -0.2) is 5.91 Å². The van der Waals surface area contributed by atoms with E-state index in [4.69, 9.17) is 0 Å². The van der Waals surface area contributed by atoms with Gasteiger partial charge in [-0.05, 0) is 24.5 Å². The average Bonchev–Trinajstić information content (AvgIpc) is 2.47. The molecule has 104 valence electrons. The molecule has 2 aromatic carbocycles. The van der Waals surface area contributed by atoms with E-state index in [-0.39, 0.29) is 18.3 Å². The summed E-state index contributed by atoms with van der Waals surface area (Å²) in [5.41, 5.74) is 1.75. The van der Waals surface area contributed by atoms with Crippen LogP contribution < -0.4 is 5.32 Å². The monoisotopic (exact) mass is 271 g/mol. The van der Waals surface area contributed by atoms with Gasteiger partial charge in [-0.2, -0.15) is 0 Å². The lowest BCUT2D eigenvalue weighted by molar-refractivity contribution is -0.121. The Kier molecular flexibility index (Phi) is 5.30. The van der Waals surface area contributed by atoms with E-state index in [0.717, 1.165) is 12.8 Å². The van der Waals surface area contributed by atoms with E-state index >= 15 is 0 Å². The molecule has 0 atom stereocenters. The molecule has 20 heavy (non-hydrogen) atoms. The van der Waals surface area contributed by atoms with Gasteiger partial charge < -0.3 is 5.32 Å². The van der Waals surface area contributed by atoms with Gasteiger partial charge in [-0.1, -0.05) is 48.5 Å². The molecule has 3 heteroatoms. The zero-order chi connectivity index (χ0) is 14.2. The van der Waals surface area contributed by atoms with Crippen LogP contribution in [0.25, 0.3) is 0 Å². The molecule has 0 heterocycles. The van der Waals surface area contributed by atoms with Gasteiger partial charge in [0.2, 0.25) is 5.91 Å². The highest BCUT2D eigenvalue weighted by Crippen LogP contribution is 2.07. The third-order valence-corrected chi connectivity index (χ3v) is 3.15. The van der Waals surface area contributed by atoms with Gasteiger partial charge in [-0.25, -0.2) is 4.39 Å². The fourth-order valence-corrected chi connectivity index (χ4v) is 2.02. The fourth-order valence-electron chi connectivity index (χ4n) is 2.02. The van der Waals surface area contributed by atoms with E-state index in [9.17, 15) is 9.18 Å². The highest BCUT2D eigenvalue weighted by atomic mass is 19.1. The maximum Gasteiger partial charge on any atom is 0.220 e. The Bertz CT molecular complexity index is 554. The Morgan fingerprint density at radius 3 is 2.45 bits per heavy atom. The molecule has 0 radical (unpaired) electrons. The molecule has 2 aromatic rings. The second-order valence-electron chi connectivity index (χ2n) is 4.71. The van der Waals surface area contributed by atoms with Gasteiger partial charge in [0.1, 0.15) is 5.82 Å². The van der Waals surface area contributed by atoms with Crippen molar-refractivity contribution >= 4 is 5.91 Å². The van der Waals surface area contributed by atoms with E-state index in [0.29, 0.717) is 12.0 Å². The molecule has 0 aliphatic heterocycles. The van der Waals surface area contributed by atoms with Crippen LogP contribution in [0.4, 0.5) is 4.39 Å². The van der Waals surface area contributed by atoms with Crippen LogP contribution in [0, 0.1) is 5.82 Å². The van der Waals surface area contributed by atoms with Crippen molar-refractivity contribution < 1.29 is 9.18 Å². The summed E-state index contributed by atoms with van der Waals surface area (Å²) in [5.74, 6) is -0.318. The molecular weight excluding hydrogens is 253 g/mol. The minimum atomic E-state index is -0.280. The Morgan fingerprint density at radius 2 is 1.70 bits per heavy atom. The van der Waals surface area contributed by atoms with Crippen molar-refractivity contribution in [2.24, 2.45) is 0 Å². The highest BCUT2D eigenvalue weighted by Gasteiger charge is 2.04. The van der Waals surface area contributed by atoms with Crippen LogP contribution in [-0.2, 0) is 17.8 Å². The van der Waals surface area contributed by atoms with Crippen LogP contribution in [0.15, 0.2) is 54.6 Å². The second kappa shape index (κ2) is 7.43. The number of carbonyl (C=O) groups is 1. The Labute approximate surface area is 118 Å². The summed E-state index contributed by atoms with van der Waals surface area (Å²) >= 11 is 0. The lowest BCUT2D eigenvalue weighted by Crippen LogP contribution is -2.23. The summed E-state index contributed by atoms with van der Waals surface area (Å²) in [6.07, 6.45) is 2.14. The SMILES string of the molecule is O=C(CCCc1ccccc1)NCc1ccccc1F. The van der Waals surface area contributed by atoms with Gasteiger partial charge in [0.05, 0.1) is 0 Å². The summed E-state index contributed by atoms with van der Waals surface area (Å²) < 4.78 is 13.4. The molecule has 0 bridgehead atoms. The number of nitrogens with one attached hydrogen (secondary N) is 1. The molecule has 2 rings (SSSR count). The molecule has 1 N–H and O–H groups in total. The first-order valence-electron chi connectivity index (χ1n) is 6.80. The van der Waals surface area contributed by atoms with Crippen LogP contribution in [0.5, 0.6) is 0 Å². The van der Waals surface area contributed by atoms with Crippen LogP contribution >= 0.6 is 0 Å². The molecule has 2 nitrogen and oxygen atoms in total. The molecule has 0 aliphatic rings. The average molecular weight is 271 g/mol. The molecule has 1 amide bonds. The maximum absolute atomic E-state index is 13.4. The van der Waals surface area contributed by atoms with E-state index in [1.54, 1.807) is 18.2 Å². The zero-order valence-electron chi connectivity index (χ0n) is 11.3. The zero-order valence-corrected chi connectivity index (χ0v) is 11.3. The Balaban J connectivity index is 1.70. The number of benzene rings is 2. The van der Waals surface area contributed by atoms with Crippen molar-refractivity contribution in [2.75, 3.05) is 0 Å². The number of hydrogen-bond acceptors (Lipinski definition) is 1. The van der Waals surface area contributed by atoms with Gasteiger partial charge >= 0.3 is 0 Å². The molecule has 0 spiro atoms. The number of rotatable bonds is 6. The number of amides is 1. The Morgan fingerprint density at radius 1 is 1.00 bits per heavy atom. The van der Waals surface area contributed by atoms with Crippen molar-refractivity contribution in [1.82, 2.24) is 5.32 Å². The third-order valence-electron chi connectivity index (χ3n) is 3.15. The van der Waals surface area contributed by atoms with Gasteiger partial charge in [-0.15, -0.1) is 0 Å². The third kappa shape index (κ3) is 4.50. The van der Waals surface area contributed by atoms with E-state index in [1.165, 1.54) is 11.6 Å². The number of halogens is 1. The van der Waals surface area contributed by atoms with E-state index < -0.39 is 0 Å². The first-order valence-corrected chi connectivity index (χ1v) is 6.80. The van der Waals surface area contributed by atoms with Gasteiger partial charge in [-0.3, -0.25) is 4.79 Å². The second-order valence-corrected chi connectivity index (χ2v) is 4.71. The first-order chi connectivity index (χ1) is 9.75. The molecular formula is C17H18FNO. The number of aryl methyl sites for hydroxylation is 1. The number of hydrogen-bond donors (Lipinski definition) is 1. The largest absolute Gasteiger partial charge is 0.352 e. The minimum Gasteiger partial charge on any atom is -0.352 e. The minimum absolute atomic E-state index is 0.0378. The fraction of sp³-hybridized carbons (Fsp3) is 0.235. The summed E-state index contributed by atoms with van der Waals surface area (Å²) in [5, 5.41) is 2.75. The normalized spacial score (nSPS) is 10.2. The first kappa shape index (κ1) is 14.3. The van der Waals surface area contributed by atoms with E-state index in [2.05, 4.69) is 17.4 Å². The Hall–Kier alpha value is -2.16. The topological polar surface area (TPSA) is 29.1 Å². The van der Waals surface area contributed by atoms with Crippen LogP contribution in [0.2, 0.25) is 0 Å². The molecule has 0 saturated carbocycles. The molecule has 0 unspecified atom stereocenters. The van der Waals surface area contributed by atoms with Gasteiger partial charge in [0, 0.05) is 18.5 Å². The van der Waals surface area contributed by atoms with Gasteiger partial charge in [0.25, 0.3) is 0 Å². The maximum atomic E-state index is 13.4. The molecule has 0 aromatic heterocycles.